The van der Waals surface area contributed by atoms with E-state index in [4.69, 9.17) is 5.11 Å². The van der Waals surface area contributed by atoms with E-state index in [0.29, 0.717) is 10.8 Å². The van der Waals surface area contributed by atoms with Crippen LogP contribution in [0.15, 0.2) is 54.6 Å². The second-order valence-electron chi connectivity index (χ2n) is 3.44. The SMILES string of the molecule is O=C(O)c1ccccc1N(F)c1ccccc1. The molecule has 17 heavy (non-hydrogen) atoms. The van der Waals surface area contributed by atoms with E-state index in [-0.39, 0.29) is 11.3 Å². The van der Waals surface area contributed by atoms with Gasteiger partial charge in [0.05, 0.1) is 16.9 Å². The zero-order valence-corrected chi connectivity index (χ0v) is 8.88. The highest BCUT2D eigenvalue weighted by Gasteiger charge is 2.16. The minimum Gasteiger partial charge on any atom is -0.478 e. The molecule has 0 saturated carbocycles. The van der Waals surface area contributed by atoms with Crippen LogP contribution in [0, 0.1) is 0 Å². The van der Waals surface area contributed by atoms with Gasteiger partial charge < -0.3 is 5.11 Å². The third-order valence-electron chi connectivity index (χ3n) is 2.33. The van der Waals surface area contributed by atoms with Crippen LogP contribution in [0.5, 0.6) is 0 Å². The van der Waals surface area contributed by atoms with Gasteiger partial charge in [0.15, 0.2) is 0 Å². The van der Waals surface area contributed by atoms with Crippen LogP contribution < -0.4 is 5.12 Å². The summed E-state index contributed by atoms with van der Waals surface area (Å²) in [5, 5.41) is 9.33. The largest absolute Gasteiger partial charge is 0.478 e. The quantitative estimate of drug-likeness (QED) is 0.823. The molecule has 0 fully saturated rings. The number of carboxylic acid groups (broad SMARTS) is 1. The third-order valence-corrected chi connectivity index (χ3v) is 2.33. The lowest BCUT2D eigenvalue weighted by Gasteiger charge is -2.15. The molecule has 2 rings (SSSR count). The number of hydrogen-bond donors (Lipinski definition) is 1. The van der Waals surface area contributed by atoms with Crippen molar-refractivity contribution in [2.45, 2.75) is 0 Å². The molecular weight excluding hydrogens is 221 g/mol. The third kappa shape index (κ3) is 2.25. The van der Waals surface area contributed by atoms with Gasteiger partial charge in [-0.3, -0.25) is 0 Å². The monoisotopic (exact) mass is 231 g/mol. The highest BCUT2D eigenvalue weighted by atomic mass is 19.2. The summed E-state index contributed by atoms with van der Waals surface area (Å²) in [6, 6.07) is 14.2. The predicted octanol–water partition coefficient (Wildman–Crippen LogP) is 3.41. The predicted molar refractivity (Wildman–Crippen MR) is 63.1 cm³/mol. The number of hydrogen-bond acceptors (Lipinski definition) is 2. The fourth-order valence-electron chi connectivity index (χ4n) is 1.52. The van der Waals surface area contributed by atoms with E-state index < -0.39 is 5.97 Å². The van der Waals surface area contributed by atoms with Crippen LogP contribution in [0.2, 0.25) is 0 Å². The Morgan fingerprint density at radius 3 is 2.24 bits per heavy atom. The smallest absolute Gasteiger partial charge is 0.337 e. The normalized spacial score (nSPS) is 9.94. The second kappa shape index (κ2) is 4.65. The molecule has 0 saturated heterocycles. The minimum absolute atomic E-state index is 0.0196. The van der Waals surface area contributed by atoms with Crippen molar-refractivity contribution >= 4 is 17.3 Å². The average molecular weight is 231 g/mol. The maximum atomic E-state index is 14.1. The molecule has 1 N–H and O–H groups in total. The van der Waals surface area contributed by atoms with Crippen LogP contribution in [0.1, 0.15) is 10.4 Å². The molecular formula is C13H10FNO2. The molecule has 0 spiro atoms. The van der Waals surface area contributed by atoms with Crippen LogP contribution in [0.25, 0.3) is 0 Å². The zero-order valence-electron chi connectivity index (χ0n) is 8.88. The fourth-order valence-corrected chi connectivity index (χ4v) is 1.52. The van der Waals surface area contributed by atoms with Crippen molar-refractivity contribution in [2.75, 3.05) is 5.12 Å². The van der Waals surface area contributed by atoms with E-state index in [1.54, 1.807) is 42.5 Å². The number of anilines is 2. The van der Waals surface area contributed by atoms with Crippen molar-refractivity contribution in [3.05, 3.63) is 60.2 Å². The molecule has 0 aliphatic rings. The summed E-state index contributed by atoms with van der Waals surface area (Å²) in [6.07, 6.45) is 0. The molecule has 2 aromatic rings. The van der Waals surface area contributed by atoms with Crippen LogP contribution in [0.4, 0.5) is 15.9 Å². The van der Waals surface area contributed by atoms with Crippen molar-refractivity contribution in [2.24, 2.45) is 0 Å². The fraction of sp³-hybridized carbons (Fsp3) is 0. The lowest BCUT2D eigenvalue weighted by Crippen LogP contribution is -2.09. The molecule has 0 atom stereocenters. The number of carbonyl (C=O) groups is 1. The number of aromatic carboxylic acids is 1. The van der Waals surface area contributed by atoms with E-state index in [9.17, 15) is 9.28 Å². The van der Waals surface area contributed by atoms with Gasteiger partial charge in [-0.15, -0.1) is 0 Å². The Labute approximate surface area is 97.7 Å². The van der Waals surface area contributed by atoms with Crippen LogP contribution in [0.3, 0.4) is 0 Å². The lowest BCUT2D eigenvalue weighted by molar-refractivity contribution is 0.0697. The summed E-state index contributed by atoms with van der Waals surface area (Å²) in [5.74, 6) is -1.15. The van der Waals surface area contributed by atoms with Gasteiger partial charge in [-0.1, -0.05) is 34.8 Å². The summed E-state index contributed by atoms with van der Waals surface area (Å²) >= 11 is 0. The number of benzene rings is 2. The highest BCUT2D eigenvalue weighted by Crippen LogP contribution is 2.28. The van der Waals surface area contributed by atoms with Gasteiger partial charge in [0.2, 0.25) is 0 Å². The van der Waals surface area contributed by atoms with E-state index in [1.165, 1.54) is 12.1 Å². The molecule has 0 aliphatic carbocycles. The maximum absolute atomic E-state index is 14.1. The first-order valence-electron chi connectivity index (χ1n) is 5.03. The van der Waals surface area contributed by atoms with Gasteiger partial charge in [0.1, 0.15) is 0 Å². The Morgan fingerprint density at radius 1 is 1.00 bits per heavy atom. The van der Waals surface area contributed by atoms with E-state index in [2.05, 4.69) is 0 Å². The van der Waals surface area contributed by atoms with Gasteiger partial charge >= 0.3 is 5.97 Å². The number of carboxylic acids is 1. The molecule has 0 aliphatic heterocycles. The van der Waals surface area contributed by atoms with E-state index in [0.717, 1.165) is 0 Å². The van der Waals surface area contributed by atoms with E-state index >= 15 is 0 Å². The van der Waals surface area contributed by atoms with Crippen molar-refractivity contribution in [1.82, 2.24) is 0 Å². The first-order chi connectivity index (χ1) is 8.20. The Morgan fingerprint density at radius 2 is 1.59 bits per heavy atom. The topological polar surface area (TPSA) is 40.5 Å². The summed E-state index contributed by atoms with van der Waals surface area (Å²) in [5.41, 5.74) is 0.242. The molecule has 2 aromatic carbocycles. The first kappa shape index (κ1) is 11.1. The average Bonchev–Trinajstić information content (AvgIpc) is 2.39. The lowest BCUT2D eigenvalue weighted by atomic mass is 10.1. The number of rotatable bonds is 3. The molecule has 0 heterocycles. The molecule has 86 valence electrons. The van der Waals surface area contributed by atoms with Crippen molar-refractivity contribution in [1.29, 1.82) is 0 Å². The molecule has 4 heteroatoms. The van der Waals surface area contributed by atoms with Crippen LogP contribution >= 0.6 is 0 Å². The van der Waals surface area contributed by atoms with Gasteiger partial charge in [0, 0.05) is 0 Å². The molecule has 0 bridgehead atoms. The summed E-state index contributed by atoms with van der Waals surface area (Å²) in [7, 11) is 0. The Kier molecular flexibility index (Phi) is 3.05. The maximum Gasteiger partial charge on any atom is 0.337 e. The first-order valence-corrected chi connectivity index (χ1v) is 5.03. The summed E-state index contributed by atoms with van der Waals surface area (Å²) < 4.78 is 14.1. The molecule has 3 nitrogen and oxygen atoms in total. The van der Waals surface area contributed by atoms with Crippen LogP contribution in [-0.4, -0.2) is 11.1 Å². The summed E-state index contributed by atoms with van der Waals surface area (Å²) in [6.45, 7) is 0. The minimum atomic E-state index is -1.15. The molecule has 0 aromatic heterocycles. The molecule has 0 amide bonds. The Balaban J connectivity index is 2.44. The number of para-hydroxylation sites is 2. The standard InChI is InChI=1S/C13H10FNO2/c14-15(10-6-2-1-3-7-10)12-9-5-4-8-11(12)13(16)17/h1-9H,(H,16,17). The zero-order chi connectivity index (χ0) is 12.3. The summed E-state index contributed by atoms with van der Waals surface area (Å²) in [4.78, 5) is 11.0. The van der Waals surface area contributed by atoms with Crippen molar-refractivity contribution in [3.63, 3.8) is 0 Å². The Bertz CT molecular complexity index is 528. The molecule has 0 radical (unpaired) electrons. The van der Waals surface area contributed by atoms with Gasteiger partial charge in [0.25, 0.3) is 0 Å². The van der Waals surface area contributed by atoms with Gasteiger partial charge in [-0.25, -0.2) is 4.79 Å². The van der Waals surface area contributed by atoms with Gasteiger partial charge in [-0.2, -0.15) is 5.12 Å². The van der Waals surface area contributed by atoms with Crippen molar-refractivity contribution < 1.29 is 14.4 Å². The highest BCUT2D eigenvalue weighted by molar-refractivity contribution is 5.95. The Hall–Kier alpha value is -2.36. The van der Waals surface area contributed by atoms with Crippen molar-refractivity contribution in [3.8, 4) is 0 Å². The van der Waals surface area contributed by atoms with Gasteiger partial charge in [-0.05, 0) is 24.3 Å². The van der Waals surface area contributed by atoms with E-state index in [1.807, 2.05) is 0 Å². The number of nitrogens with zero attached hydrogens (tertiary/aromatic N) is 1. The van der Waals surface area contributed by atoms with Crippen LogP contribution in [-0.2, 0) is 0 Å². The second-order valence-corrected chi connectivity index (χ2v) is 3.44. The number of halogens is 1. The molecule has 0 unspecified atom stereocenters.